The van der Waals surface area contributed by atoms with Gasteiger partial charge in [-0.1, -0.05) is 54.6 Å². The van der Waals surface area contributed by atoms with Crippen LogP contribution < -0.4 is 16.1 Å². The van der Waals surface area contributed by atoms with Gasteiger partial charge in [0.1, 0.15) is 11.6 Å². The molecule has 0 aliphatic carbocycles. The van der Waals surface area contributed by atoms with Gasteiger partial charge >= 0.3 is 0 Å². The third-order valence-electron chi connectivity index (χ3n) is 5.27. The summed E-state index contributed by atoms with van der Waals surface area (Å²) in [5, 5.41) is 7.36. The minimum Gasteiger partial charge on any atom is -0.341 e. The van der Waals surface area contributed by atoms with E-state index in [2.05, 4.69) is 10.6 Å². The van der Waals surface area contributed by atoms with E-state index >= 15 is 0 Å². The van der Waals surface area contributed by atoms with Crippen LogP contribution in [0.15, 0.2) is 108 Å². The van der Waals surface area contributed by atoms with Crippen LogP contribution in [0.1, 0.15) is 5.56 Å². The second-order valence-corrected chi connectivity index (χ2v) is 7.57. The summed E-state index contributed by atoms with van der Waals surface area (Å²) in [5.41, 5.74) is 4.15. The van der Waals surface area contributed by atoms with E-state index in [0.29, 0.717) is 22.7 Å². The van der Waals surface area contributed by atoms with Crippen LogP contribution in [-0.4, -0.2) is 9.55 Å². The zero-order chi connectivity index (χ0) is 21.9. The summed E-state index contributed by atoms with van der Waals surface area (Å²) in [6.07, 6.45) is 0. The van der Waals surface area contributed by atoms with Crippen molar-refractivity contribution < 1.29 is 0 Å². The second-order valence-electron chi connectivity index (χ2n) is 7.57. The van der Waals surface area contributed by atoms with Gasteiger partial charge in [0.25, 0.3) is 0 Å². The molecule has 0 amide bonds. The van der Waals surface area contributed by atoms with Crippen molar-refractivity contribution in [3.8, 4) is 5.69 Å². The molecule has 5 heteroatoms. The number of aromatic nitrogens is 2. The number of para-hydroxylation sites is 3. The molecule has 0 saturated heterocycles. The molecular weight excluding hydrogens is 396 g/mol. The molecular formula is C27H22N4O. The Balaban J connectivity index is 1.75. The van der Waals surface area contributed by atoms with Crippen molar-refractivity contribution in [3.63, 3.8) is 0 Å². The maximum atomic E-state index is 13.1. The molecule has 0 bridgehead atoms. The van der Waals surface area contributed by atoms with Crippen LogP contribution in [0.4, 0.5) is 23.0 Å². The molecule has 2 N–H and O–H groups in total. The molecule has 32 heavy (non-hydrogen) atoms. The van der Waals surface area contributed by atoms with E-state index in [0.717, 1.165) is 22.6 Å². The Morgan fingerprint density at radius 2 is 1.28 bits per heavy atom. The highest BCUT2D eigenvalue weighted by Crippen LogP contribution is 2.27. The molecule has 0 fully saturated rings. The molecule has 5 aromatic rings. The first-order valence-corrected chi connectivity index (χ1v) is 10.5. The van der Waals surface area contributed by atoms with Crippen molar-refractivity contribution in [1.29, 1.82) is 0 Å². The fourth-order valence-corrected chi connectivity index (χ4v) is 3.83. The lowest BCUT2D eigenvalue weighted by Crippen LogP contribution is -2.15. The number of fused-ring (bicyclic) bond motifs is 1. The molecule has 0 atom stereocenters. The highest BCUT2D eigenvalue weighted by molar-refractivity contribution is 5.85. The first-order chi connectivity index (χ1) is 15.7. The van der Waals surface area contributed by atoms with Crippen molar-refractivity contribution in [1.82, 2.24) is 9.55 Å². The standard InChI is InChI=1S/C27H22N4O/c1-19-17-24(28-20-11-5-2-6-12-20)30-27-26(19)23(32)18-25(29-21-13-7-3-8-14-21)31(27)22-15-9-4-10-16-22/h2-18,29H,1H3,(H,28,30). The number of hydrogen-bond acceptors (Lipinski definition) is 4. The smallest absolute Gasteiger partial charge is 0.193 e. The molecule has 2 aromatic heterocycles. The number of nitrogens with zero attached hydrogens (tertiary/aromatic N) is 2. The topological polar surface area (TPSA) is 59.0 Å². The van der Waals surface area contributed by atoms with Crippen molar-refractivity contribution in [2.24, 2.45) is 0 Å². The molecule has 0 saturated carbocycles. The highest BCUT2D eigenvalue weighted by atomic mass is 16.1. The van der Waals surface area contributed by atoms with Crippen molar-refractivity contribution in [2.75, 3.05) is 10.6 Å². The van der Waals surface area contributed by atoms with Gasteiger partial charge in [0.05, 0.1) is 5.39 Å². The lowest BCUT2D eigenvalue weighted by atomic mass is 10.1. The van der Waals surface area contributed by atoms with Crippen molar-refractivity contribution in [3.05, 3.63) is 119 Å². The minimum atomic E-state index is -0.0677. The number of hydrogen-bond donors (Lipinski definition) is 2. The van der Waals surface area contributed by atoms with E-state index in [1.54, 1.807) is 6.07 Å². The van der Waals surface area contributed by atoms with Gasteiger partial charge in [-0.3, -0.25) is 9.36 Å². The van der Waals surface area contributed by atoms with Crippen LogP contribution in [0, 0.1) is 6.92 Å². The van der Waals surface area contributed by atoms with E-state index in [-0.39, 0.29) is 5.43 Å². The lowest BCUT2D eigenvalue weighted by Gasteiger charge is -2.19. The summed E-state index contributed by atoms with van der Waals surface area (Å²) in [7, 11) is 0. The maximum Gasteiger partial charge on any atom is 0.193 e. The molecule has 0 aliphatic rings. The quantitative estimate of drug-likeness (QED) is 0.358. The van der Waals surface area contributed by atoms with E-state index in [1.807, 2.05) is 109 Å². The molecule has 2 heterocycles. The molecule has 0 unspecified atom stereocenters. The number of aryl methyl sites for hydroxylation is 1. The summed E-state index contributed by atoms with van der Waals surface area (Å²) in [6, 6.07) is 33.2. The average molecular weight is 419 g/mol. The Kier molecular flexibility index (Phi) is 5.14. The zero-order valence-electron chi connectivity index (χ0n) is 17.6. The molecule has 5 nitrogen and oxygen atoms in total. The van der Waals surface area contributed by atoms with Crippen LogP contribution in [0.25, 0.3) is 16.7 Å². The molecule has 0 radical (unpaired) electrons. The Morgan fingerprint density at radius 1 is 0.719 bits per heavy atom. The molecule has 3 aromatic carbocycles. The Bertz CT molecular complexity index is 1430. The average Bonchev–Trinajstić information content (AvgIpc) is 2.81. The lowest BCUT2D eigenvalue weighted by molar-refractivity contribution is 1.07. The van der Waals surface area contributed by atoms with Gasteiger partial charge in [-0.05, 0) is 55.0 Å². The number of pyridine rings is 2. The van der Waals surface area contributed by atoms with Gasteiger partial charge in [-0.15, -0.1) is 0 Å². The van der Waals surface area contributed by atoms with E-state index < -0.39 is 0 Å². The number of rotatable bonds is 5. The molecule has 0 spiro atoms. The maximum absolute atomic E-state index is 13.1. The Hall–Kier alpha value is -4.38. The first kappa shape index (κ1) is 19.6. The van der Waals surface area contributed by atoms with Crippen molar-refractivity contribution in [2.45, 2.75) is 6.92 Å². The van der Waals surface area contributed by atoms with Crippen LogP contribution in [-0.2, 0) is 0 Å². The molecule has 156 valence electrons. The fraction of sp³-hybridized carbons (Fsp3) is 0.0370. The Labute approximate surface area is 186 Å². The van der Waals surface area contributed by atoms with E-state index in [1.165, 1.54) is 0 Å². The minimum absolute atomic E-state index is 0.0677. The second kappa shape index (κ2) is 8.40. The van der Waals surface area contributed by atoms with Gasteiger partial charge in [0.2, 0.25) is 0 Å². The van der Waals surface area contributed by atoms with Gasteiger partial charge in [0.15, 0.2) is 11.1 Å². The summed E-state index contributed by atoms with van der Waals surface area (Å²) >= 11 is 0. The number of nitrogens with one attached hydrogen (secondary N) is 2. The predicted octanol–water partition coefficient (Wildman–Crippen LogP) is 6.18. The van der Waals surface area contributed by atoms with E-state index in [4.69, 9.17) is 4.98 Å². The van der Waals surface area contributed by atoms with Gasteiger partial charge in [-0.25, -0.2) is 4.98 Å². The fourth-order valence-electron chi connectivity index (χ4n) is 3.83. The summed E-state index contributed by atoms with van der Waals surface area (Å²) in [5.74, 6) is 1.34. The normalized spacial score (nSPS) is 10.8. The van der Waals surface area contributed by atoms with Crippen LogP contribution >= 0.6 is 0 Å². The van der Waals surface area contributed by atoms with Crippen LogP contribution in [0.5, 0.6) is 0 Å². The van der Waals surface area contributed by atoms with Gasteiger partial charge < -0.3 is 10.6 Å². The largest absolute Gasteiger partial charge is 0.341 e. The number of anilines is 4. The summed E-state index contributed by atoms with van der Waals surface area (Å²) < 4.78 is 1.99. The van der Waals surface area contributed by atoms with Crippen LogP contribution in [0.2, 0.25) is 0 Å². The predicted molar refractivity (Wildman–Crippen MR) is 132 cm³/mol. The van der Waals surface area contributed by atoms with Gasteiger partial charge in [-0.2, -0.15) is 0 Å². The van der Waals surface area contributed by atoms with Gasteiger partial charge in [0, 0.05) is 23.1 Å². The van der Waals surface area contributed by atoms with Crippen molar-refractivity contribution >= 4 is 34.0 Å². The SMILES string of the molecule is Cc1cc(Nc2ccccc2)nc2c1c(=O)cc(Nc1ccccc1)n2-c1ccccc1. The summed E-state index contributed by atoms with van der Waals surface area (Å²) in [4.78, 5) is 18.0. The highest BCUT2D eigenvalue weighted by Gasteiger charge is 2.16. The molecule has 0 aliphatic heterocycles. The third-order valence-corrected chi connectivity index (χ3v) is 5.27. The number of benzene rings is 3. The first-order valence-electron chi connectivity index (χ1n) is 10.5. The molecule has 5 rings (SSSR count). The zero-order valence-corrected chi connectivity index (χ0v) is 17.6. The third kappa shape index (κ3) is 3.84. The van der Waals surface area contributed by atoms with Crippen LogP contribution in [0.3, 0.4) is 0 Å². The monoisotopic (exact) mass is 418 g/mol. The summed E-state index contributed by atoms with van der Waals surface area (Å²) in [6.45, 7) is 1.95. The van der Waals surface area contributed by atoms with E-state index in [9.17, 15) is 4.79 Å². The Morgan fingerprint density at radius 3 is 1.91 bits per heavy atom.